The third-order valence-corrected chi connectivity index (χ3v) is 4.35. The van der Waals surface area contributed by atoms with E-state index in [1.54, 1.807) is 0 Å². The zero-order valence-corrected chi connectivity index (χ0v) is 16.1. The summed E-state index contributed by atoms with van der Waals surface area (Å²) in [6.07, 6.45) is -1.12. The van der Waals surface area contributed by atoms with E-state index in [2.05, 4.69) is 28.0 Å². The molecule has 5 amide bonds. The summed E-state index contributed by atoms with van der Waals surface area (Å²) in [5.41, 5.74) is 5.41. The van der Waals surface area contributed by atoms with Gasteiger partial charge < -0.3 is 26.2 Å². The van der Waals surface area contributed by atoms with Gasteiger partial charge >= 0.3 is 6.09 Å². The topological polar surface area (TPSA) is 168 Å². The maximum atomic E-state index is 12.0. The van der Waals surface area contributed by atoms with Crippen LogP contribution in [-0.2, 0) is 30.5 Å². The van der Waals surface area contributed by atoms with Crippen molar-refractivity contribution < 1.29 is 33.8 Å². The van der Waals surface area contributed by atoms with Gasteiger partial charge in [0.2, 0.25) is 23.6 Å². The number of carbonyl (C=O) groups excluding carboxylic acids is 5. The van der Waals surface area contributed by atoms with Crippen molar-refractivity contribution >= 4 is 48.0 Å². The van der Waals surface area contributed by atoms with E-state index in [1.165, 1.54) is 18.2 Å². The van der Waals surface area contributed by atoms with Gasteiger partial charge in [0.1, 0.15) is 12.4 Å². The van der Waals surface area contributed by atoms with Gasteiger partial charge in [0.05, 0.1) is 17.5 Å². The average Bonchev–Trinajstić information content (AvgIpc) is 2.90. The molecule has 1 aromatic rings. The third-order valence-electron chi connectivity index (χ3n) is 3.94. The van der Waals surface area contributed by atoms with Crippen LogP contribution in [0, 0.1) is 0 Å². The normalized spacial score (nSPS) is 15.9. The molecule has 1 fully saturated rings. The molecule has 0 radical (unpaired) electrons. The van der Waals surface area contributed by atoms with Gasteiger partial charge in [-0.25, -0.2) is 4.79 Å². The number of imide groups is 1. The lowest BCUT2D eigenvalue weighted by Crippen LogP contribution is -2.37. The van der Waals surface area contributed by atoms with Crippen molar-refractivity contribution in [2.45, 2.75) is 24.7 Å². The van der Waals surface area contributed by atoms with Crippen molar-refractivity contribution in [2.75, 3.05) is 18.4 Å². The van der Waals surface area contributed by atoms with Gasteiger partial charge in [0.25, 0.3) is 0 Å². The summed E-state index contributed by atoms with van der Waals surface area (Å²) in [5, 5.41) is 13.9. The van der Waals surface area contributed by atoms with Gasteiger partial charge in [-0.3, -0.25) is 24.1 Å². The summed E-state index contributed by atoms with van der Waals surface area (Å²) in [5.74, 6) is -2.21. The largest absolute Gasteiger partial charge is 0.506 e. The molecule has 0 aliphatic carbocycles. The number of phenolic OH excluding ortho intramolecular Hbond substituents is 1. The molecule has 1 heterocycles. The van der Waals surface area contributed by atoms with Crippen molar-refractivity contribution in [3.8, 4) is 5.75 Å². The first-order valence-corrected chi connectivity index (χ1v) is 9.02. The zero-order chi connectivity index (χ0) is 21.6. The summed E-state index contributed by atoms with van der Waals surface area (Å²) in [6, 6.07) is 4.16. The maximum Gasteiger partial charge on any atom is 0.404 e. The second-order valence-corrected chi connectivity index (χ2v) is 6.76. The van der Waals surface area contributed by atoms with Crippen LogP contribution in [0.5, 0.6) is 5.75 Å². The van der Waals surface area contributed by atoms with Gasteiger partial charge in [-0.15, -0.1) is 0 Å². The summed E-state index contributed by atoms with van der Waals surface area (Å²) in [7, 11) is 0. The van der Waals surface area contributed by atoms with E-state index < -0.39 is 41.5 Å². The van der Waals surface area contributed by atoms with Gasteiger partial charge in [0.15, 0.2) is 0 Å². The lowest BCUT2D eigenvalue weighted by molar-refractivity contribution is -0.138. The predicted octanol–water partition coefficient (Wildman–Crippen LogP) is -0.510. The second kappa shape index (κ2) is 9.78. The number of rotatable bonds is 8. The number of carbonyl (C=O) groups is 5. The number of phenols is 1. The highest BCUT2D eigenvalue weighted by Gasteiger charge is 2.36. The number of amides is 5. The van der Waals surface area contributed by atoms with E-state index in [9.17, 15) is 29.1 Å². The Morgan fingerprint density at radius 2 is 2.00 bits per heavy atom. The molecule has 1 aliphatic rings. The SMILES string of the molecule is NC(=O)OCc1ccc(O)c(NC(=O)CNC(=O)CCN2C(=O)CC(S)C2=O)c1. The van der Waals surface area contributed by atoms with E-state index in [0.717, 1.165) is 4.90 Å². The fourth-order valence-electron chi connectivity index (χ4n) is 2.50. The molecule has 11 nitrogen and oxygen atoms in total. The fraction of sp³-hybridized carbons (Fsp3) is 0.353. The van der Waals surface area contributed by atoms with Crippen LogP contribution in [0.1, 0.15) is 18.4 Å². The van der Waals surface area contributed by atoms with Gasteiger partial charge in [0, 0.05) is 19.4 Å². The predicted molar refractivity (Wildman–Crippen MR) is 103 cm³/mol. The number of hydrogen-bond donors (Lipinski definition) is 5. The second-order valence-electron chi connectivity index (χ2n) is 6.14. The highest BCUT2D eigenvalue weighted by molar-refractivity contribution is 7.81. The quantitative estimate of drug-likeness (QED) is 0.213. The van der Waals surface area contributed by atoms with Crippen LogP contribution in [0.2, 0.25) is 0 Å². The van der Waals surface area contributed by atoms with E-state index in [-0.39, 0.29) is 37.4 Å². The van der Waals surface area contributed by atoms with Crippen LogP contribution >= 0.6 is 12.6 Å². The van der Waals surface area contributed by atoms with Crippen LogP contribution in [-0.4, -0.2) is 58.1 Å². The van der Waals surface area contributed by atoms with E-state index in [1.807, 2.05) is 0 Å². The number of likely N-dealkylation sites (tertiary alicyclic amines) is 1. The summed E-state index contributed by atoms with van der Waals surface area (Å²) < 4.78 is 4.63. The minimum atomic E-state index is -0.964. The molecular weight excluding hydrogens is 404 g/mol. The van der Waals surface area contributed by atoms with E-state index in [0.29, 0.717) is 5.56 Å². The van der Waals surface area contributed by atoms with Crippen LogP contribution in [0.3, 0.4) is 0 Å². The molecule has 0 spiro atoms. The Labute approximate surface area is 171 Å². The Hall–Kier alpha value is -3.28. The summed E-state index contributed by atoms with van der Waals surface area (Å²) in [4.78, 5) is 58.8. The number of nitrogens with one attached hydrogen (secondary N) is 2. The Morgan fingerprint density at radius 1 is 1.28 bits per heavy atom. The molecule has 1 saturated heterocycles. The Balaban J connectivity index is 1.80. The number of anilines is 1. The van der Waals surface area contributed by atoms with E-state index >= 15 is 0 Å². The molecule has 5 N–H and O–H groups in total. The van der Waals surface area contributed by atoms with Crippen LogP contribution in [0.15, 0.2) is 18.2 Å². The van der Waals surface area contributed by atoms with Crippen molar-refractivity contribution in [3.63, 3.8) is 0 Å². The third kappa shape index (κ3) is 6.38. The first-order chi connectivity index (χ1) is 13.7. The van der Waals surface area contributed by atoms with Gasteiger partial charge in [-0.1, -0.05) is 6.07 Å². The lowest BCUT2D eigenvalue weighted by Gasteiger charge is -2.14. The number of thiol groups is 1. The van der Waals surface area contributed by atoms with Crippen LogP contribution in [0.4, 0.5) is 10.5 Å². The smallest absolute Gasteiger partial charge is 0.404 e. The van der Waals surface area contributed by atoms with Crippen molar-refractivity contribution in [1.82, 2.24) is 10.2 Å². The molecule has 2 rings (SSSR count). The molecular formula is C17H20N4O7S. The molecule has 1 aromatic carbocycles. The lowest BCUT2D eigenvalue weighted by atomic mass is 10.2. The van der Waals surface area contributed by atoms with Crippen molar-refractivity contribution in [1.29, 1.82) is 0 Å². The Kier molecular flexibility index (Phi) is 7.42. The van der Waals surface area contributed by atoms with Crippen molar-refractivity contribution in [2.24, 2.45) is 5.73 Å². The minimum Gasteiger partial charge on any atom is -0.506 e. The van der Waals surface area contributed by atoms with E-state index in [4.69, 9.17) is 5.73 Å². The number of aromatic hydroxyl groups is 1. The maximum absolute atomic E-state index is 12.0. The molecule has 0 saturated carbocycles. The fourth-order valence-corrected chi connectivity index (χ4v) is 2.80. The molecule has 0 aromatic heterocycles. The average molecular weight is 424 g/mol. The number of ether oxygens (including phenoxy) is 1. The minimum absolute atomic E-state index is 0.000985. The monoisotopic (exact) mass is 424 g/mol. The van der Waals surface area contributed by atoms with Crippen LogP contribution in [0.25, 0.3) is 0 Å². The van der Waals surface area contributed by atoms with Crippen molar-refractivity contribution in [3.05, 3.63) is 23.8 Å². The number of nitrogens with two attached hydrogens (primary N) is 1. The first-order valence-electron chi connectivity index (χ1n) is 8.50. The van der Waals surface area contributed by atoms with Crippen LogP contribution < -0.4 is 16.4 Å². The molecule has 156 valence electrons. The Bertz CT molecular complexity index is 845. The summed E-state index contributed by atoms with van der Waals surface area (Å²) >= 11 is 3.99. The first kappa shape index (κ1) is 22.0. The molecule has 1 aliphatic heterocycles. The standard InChI is InChI=1S/C17H20N4O7S/c18-17(27)28-8-9-1-2-11(22)10(5-9)20-14(24)7-19-13(23)3-4-21-15(25)6-12(29)16(21)26/h1-2,5,12,22,29H,3-4,6-8H2,(H2,18,27)(H,19,23)(H,20,24). The molecule has 1 atom stereocenters. The summed E-state index contributed by atoms with van der Waals surface area (Å²) in [6.45, 7) is -0.626. The van der Waals surface area contributed by atoms with Gasteiger partial charge in [-0.2, -0.15) is 12.6 Å². The number of hydrogen-bond acceptors (Lipinski definition) is 8. The molecule has 0 bridgehead atoms. The molecule has 1 unspecified atom stereocenters. The highest BCUT2D eigenvalue weighted by Crippen LogP contribution is 2.24. The molecule has 29 heavy (non-hydrogen) atoms. The molecule has 12 heteroatoms. The van der Waals surface area contributed by atoms with Gasteiger partial charge in [-0.05, 0) is 17.7 Å². The zero-order valence-electron chi connectivity index (χ0n) is 15.2. The highest BCUT2D eigenvalue weighted by atomic mass is 32.1. The number of benzene rings is 1. The number of nitrogens with zero attached hydrogens (tertiary/aromatic N) is 1. The Morgan fingerprint density at radius 3 is 2.62 bits per heavy atom. The number of primary amides is 1.